The second-order valence-corrected chi connectivity index (χ2v) is 8.75. The fourth-order valence-electron chi connectivity index (χ4n) is 3.91. The van der Waals surface area contributed by atoms with Crippen LogP contribution in [-0.4, -0.2) is 50.6 Å². The number of ether oxygens (including phenoxy) is 1. The van der Waals surface area contributed by atoms with E-state index >= 15 is 0 Å². The number of thiophene rings is 1. The molecule has 2 aromatic heterocycles. The molecule has 1 aliphatic heterocycles. The lowest BCUT2D eigenvalue weighted by molar-refractivity contribution is 0.0943. The van der Waals surface area contributed by atoms with Crippen molar-refractivity contribution < 1.29 is 9.53 Å². The number of benzene rings is 2. The highest BCUT2D eigenvalue weighted by molar-refractivity contribution is 7.07. The lowest BCUT2D eigenvalue weighted by Crippen LogP contribution is -2.36. The van der Waals surface area contributed by atoms with Gasteiger partial charge in [-0.1, -0.05) is 30.3 Å². The summed E-state index contributed by atoms with van der Waals surface area (Å²) in [6.07, 6.45) is 1.54. The van der Waals surface area contributed by atoms with Gasteiger partial charge >= 0.3 is 0 Å². The van der Waals surface area contributed by atoms with Crippen LogP contribution in [0.1, 0.15) is 33.2 Å². The molecule has 0 bridgehead atoms. The lowest BCUT2D eigenvalue weighted by Gasteiger charge is -2.23. The van der Waals surface area contributed by atoms with Crippen molar-refractivity contribution in [1.29, 1.82) is 0 Å². The molecule has 9 heteroatoms. The molecule has 3 heterocycles. The van der Waals surface area contributed by atoms with Crippen LogP contribution < -0.4 is 10.1 Å². The molecule has 8 nitrogen and oxygen atoms in total. The minimum Gasteiger partial charge on any atom is -0.484 e. The van der Waals surface area contributed by atoms with Crippen LogP contribution >= 0.6 is 11.3 Å². The molecule has 0 radical (unpaired) electrons. The number of hydrogen-bond donors (Lipinski definition) is 1. The number of nitrogens with one attached hydrogen (secondary N) is 1. The fourth-order valence-corrected chi connectivity index (χ4v) is 4.61. The number of tetrazole rings is 1. The van der Waals surface area contributed by atoms with Crippen molar-refractivity contribution in [2.24, 2.45) is 0 Å². The van der Waals surface area contributed by atoms with Crippen molar-refractivity contribution in [1.82, 2.24) is 30.4 Å². The third-order valence-corrected chi connectivity index (χ3v) is 6.34. The average Bonchev–Trinajstić information content (AvgIpc) is 3.52. The quantitative estimate of drug-likeness (QED) is 0.456. The summed E-state index contributed by atoms with van der Waals surface area (Å²) in [4.78, 5) is 15.0. The van der Waals surface area contributed by atoms with Gasteiger partial charge < -0.3 is 10.1 Å². The Morgan fingerprint density at radius 2 is 2.03 bits per heavy atom. The predicted molar refractivity (Wildman–Crippen MR) is 125 cm³/mol. The van der Waals surface area contributed by atoms with Crippen LogP contribution in [0.4, 0.5) is 0 Å². The van der Waals surface area contributed by atoms with Crippen LogP contribution in [0.15, 0.2) is 71.7 Å². The third-order valence-electron chi connectivity index (χ3n) is 5.64. The van der Waals surface area contributed by atoms with Crippen LogP contribution in [0.25, 0.3) is 0 Å². The number of para-hydroxylation sites is 1. The molecule has 1 aliphatic rings. The molecule has 5 rings (SSSR count). The minimum atomic E-state index is -0.0789. The first kappa shape index (κ1) is 21.3. The van der Waals surface area contributed by atoms with E-state index in [9.17, 15) is 4.79 Å². The number of amides is 1. The van der Waals surface area contributed by atoms with Crippen molar-refractivity contribution in [3.05, 3.63) is 93.9 Å². The summed E-state index contributed by atoms with van der Waals surface area (Å²) in [5, 5.41) is 18.4. The smallest absolute Gasteiger partial charge is 0.251 e. The first-order valence-electron chi connectivity index (χ1n) is 10.8. The van der Waals surface area contributed by atoms with Gasteiger partial charge in [0.25, 0.3) is 5.91 Å². The van der Waals surface area contributed by atoms with Gasteiger partial charge in [-0.15, -0.1) is 5.10 Å². The number of hydrogen-bond acceptors (Lipinski definition) is 7. The van der Waals surface area contributed by atoms with Gasteiger partial charge in [0.2, 0.25) is 0 Å². The summed E-state index contributed by atoms with van der Waals surface area (Å²) >= 11 is 1.68. The van der Waals surface area contributed by atoms with Crippen molar-refractivity contribution in [2.45, 2.75) is 19.2 Å². The molecule has 1 atom stereocenters. The molecule has 0 saturated heterocycles. The summed E-state index contributed by atoms with van der Waals surface area (Å²) in [5.74, 6) is 0.854. The Hall–Kier alpha value is -3.56. The SMILES string of the molecule is O=C(NCCN1Cc2ccccc2OC(c2ccsc2)C1)c1ccc(Cn2cnnn2)cc1. The van der Waals surface area contributed by atoms with Gasteiger partial charge in [0.1, 0.15) is 18.2 Å². The Morgan fingerprint density at radius 3 is 2.82 bits per heavy atom. The van der Waals surface area contributed by atoms with Gasteiger partial charge in [-0.2, -0.15) is 11.3 Å². The van der Waals surface area contributed by atoms with E-state index in [1.165, 1.54) is 11.1 Å². The van der Waals surface area contributed by atoms with E-state index in [1.807, 2.05) is 42.5 Å². The maximum absolute atomic E-state index is 12.6. The number of carbonyl (C=O) groups is 1. The van der Waals surface area contributed by atoms with Gasteiger partial charge in [-0.25, -0.2) is 4.68 Å². The molecule has 1 unspecified atom stereocenters. The van der Waals surface area contributed by atoms with Crippen molar-refractivity contribution in [3.63, 3.8) is 0 Å². The van der Waals surface area contributed by atoms with Crippen LogP contribution in [0.2, 0.25) is 0 Å². The monoisotopic (exact) mass is 460 g/mol. The van der Waals surface area contributed by atoms with Crippen LogP contribution in [0.3, 0.4) is 0 Å². The Morgan fingerprint density at radius 1 is 1.15 bits per heavy atom. The molecule has 0 fully saturated rings. The Balaban J connectivity index is 1.18. The van der Waals surface area contributed by atoms with E-state index in [1.54, 1.807) is 22.3 Å². The van der Waals surface area contributed by atoms with E-state index < -0.39 is 0 Å². The van der Waals surface area contributed by atoms with E-state index in [2.05, 4.69) is 48.6 Å². The fraction of sp³-hybridized carbons (Fsp3) is 0.250. The summed E-state index contributed by atoms with van der Waals surface area (Å²) < 4.78 is 7.98. The molecule has 2 aromatic carbocycles. The average molecular weight is 461 g/mol. The zero-order valence-corrected chi connectivity index (χ0v) is 18.8. The standard InChI is InChI=1S/C24H24N6O2S/c31-24(19-7-5-18(6-8-19)13-30-17-26-27-28-30)25-10-11-29-14-20-3-1-2-4-22(20)32-23(15-29)21-9-12-33-16-21/h1-9,12,16-17,23H,10-11,13-15H2,(H,25,31). The molecule has 0 spiro atoms. The maximum Gasteiger partial charge on any atom is 0.251 e. The molecule has 0 aliphatic carbocycles. The number of rotatable bonds is 7. The zero-order valence-electron chi connectivity index (χ0n) is 18.0. The topological polar surface area (TPSA) is 85.2 Å². The number of aromatic nitrogens is 4. The van der Waals surface area contributed by atoms with E-state index in [-0.39, 0.29) is 12.0 Å². The van der Waals surface area contributed by atoms with Crippen LogP contribution in [0, 0.1) is 0 Å². The first-order valence-corrected chi connectivity index (χ1v) is 11.8. The molecular weight excluding hydrogens is 436 g/mol. The van der Waals surface area contributed by atoms with Gasteiger partial charge in [-0.3, -0.25) is 9.69 Å². The van der Waals surface area contributed by atoms with Gasteiger partial charge in [0, 0.05) is 42.9 Å². The molecule has 0 saturated carbocycles. The predicted octanol–water partition coefficient (Wildman–Crippen LogP) is 3.15. The van der Waals surface area contributed by atoms with Crippen molar-refractivity contribution in [3.8, 4) is 5.75 Å². The molecule has 168 valence electrons. The summed E-state index contributed by atoms with van der Waals surface area (Å²) in [6, 6.07) is 17.8. The number of nitrogens with zero attached hydrogens (tertiary/aromatic N) is 5. The second-order valence-electron chi connectivity index (χ2n) is 7.97. The van der Waals surface area contributed by atoms with Crippen molar-refractivity contribution in [2.75, 3.05) is 19.6 Å². The highest BCUT2D eigenvalue weighted by Crippen LogP contribution is 2.31. The molecule has 1 amide bonds. The van der Waals surface area contributed by atoms with E-state index in [0.717, 1.165) is 30.9 Å². The van der Waals surface area contributed by atoms with Gasteiger partial charge in [0.05, 0.1) is 6.54 Å². The summed E-state index contributed by atoms with van der Waals surface area (Å²) in [6.45, 7) is 3.43. The van der Waals surface area contributed by atoms with E-state index in [4.69, 9.17) is 4.74 Å². The zero-order chi connectivity index (χ0) is 22.5. The second kappa shape index (κ2) is 9.93. The van der Waals surface area contributed by atoms with Gasteiger partial charge in [0.15, 0.2) is 0 Å². The Kier molecular flexibility index (Phi) is 6.41. The van der Waals surface area contributed by atoms with Gasteiger partial charge in [-0.05, 0) is 51.0 Å². The van der Waals surface area contributed by atoms with Crippen molar-refractivity contribution >= 4 is 17.2 Å². The minimum absolute atomic E-state index is 0.0247. The number of fused-ring (bicyclic) bond motifs is 1. The first-order chi connectivity index (χ1) is 16.2. The lowest BCUT2D eigenvalue weighted by atomic mass is 10.1. The largest absolute Gasteiger partial charge is 0.484 e. The normalized spacial score (nSPS) is 15.9. The Bertz CT molecular complexity index is 1180. The van der Waals surface area contributed by atoms with E-state index in [0.29, 0.717) is 18.7 Å². The highest BCUT2D eigenvalue weighted by atomic mass is 32.1. The number of carbonyl (C=O) groups excluding carboxylic acids is 1. The molecule has 1 N–H and O–H groups in total. The maximum atomic E-state index is 12.6. The highest BCUT2D eigenvalue weighted by Gasteiger charge is 2.24. The molecule has 33 heavy (non-hydrogen) atoms. The summed E-state index contributed by atoms with van der Waals surface area (Å²) in [5.41, 5.74) is 4.02. The molecule has 4 aromatic rings. The van der Waals surface area contributed by atoms with Crippen LogP contribution in [0.5, 0.6) is 5.75 Å². The Labute approximate surface area is 195 Å². The van der Waals surface area contributed by atoms with Crippen LogP contribution in [-0.2, 0) is 13.1 Å². The third kappa shape index (κ3) is 5.27. The summed E-state index contributed by atoms with van der Waals surface area (Å²) in [7, 11) is 0. The molecular formula is C24H24N6O2S.